The molecule has 5 nitrogen and oxygen atoms in total. The zero-order valence-electron chi connectivity index (χ0n) is 24.0. The van der Waals surface area contributed by atoms with Crippen molar-refractivity contribution in [3.63, 3.8) is 0 Å². The number of nitrogens with zero attached hydrogens (tertiary/aromatic N) is 3. The van der Waals surface area contributed by atoms with E-state index in [0.29, 0.717) is 25.5 Å². The molecule has 3 amide bonds. The number of aryl methyl sites for hydroxylation is 1. The third kappa shape index (κ3) is 8.08. The second-order valence-corrected chi connectivity index (χ2v) is 10.3. The van der Waals surface area contributed by atoms with Crippen LogP contribution in [0, 0.1) is 18.2 Å². The predicted molar refractivity (Wildman–Crippen MR) is 154 cm³/mol. The molecule has 1 fully saturated rings. The minimum atomic E-state index is -4.70. The van der Waals surface area contributed by atoms with Crippen LogP contribution < -0.4 is 0 Å². The third-order valence-electron chi connectivity index (χ3n) is 7.20. The Kier molecular flexibility index (Phi) is 11.5. The number of carbonyl (C=O) groups is 2. The number of allylic oxidation sites excluding steroid dienone is 2. The van der Waals surface area contributed by atoms with E-state index in [1.54, 1.807) is 22.0 Å². The van der Waals surface area contributed by atoms with Crippen LogP contribution in [0.1, 0.15) is 48.1 Å². The fourth-order valence-corrected chi connectivity index (χ4v) is 5.17. The quantitative estimate of drug-likeness (QED) is 0.242. The number of hydrogen-bond acceptors (Lipinski definition) is 2. The molecular formula is C32H39F4N3O2. The molecule has 1 atom stereocenters. The normalized spacial score (nSPS) is 15.4. The maximum absolute atomic E-state index is 14.0. The zero-order valence-corrected chi connectivity index (χ0v) is 24.0. The van der Waals surface area contributed by atoms with Gasteiger partial charge in [-0.05, 0) is 54.7 Å². The average molecular weight is 574 g/mol. The summed E-state index contributed by atoms with van der Waals surface area (Å²) in [6.45, 7) is 17.9. The van der Waals surface area contributed by atoms with Crippen molar-refractivity contribution < 1.29 is 27.2 Å². The largest absolute Gasteiger partial charge is 0.416 e. The van der Waals surface area contributed by atoms with Gasteiger partial charge < -0.3 is 14.7 Å². The zero-order chi connectivity index (χ0) is 31.0. The Morgan fingerprint density at radius 1 is 1.05 bits per heavy atom. The Labute approximate surface area is 240 Å². The Morgan fingerprint density at radius 2 is 1.66 bits per heavy atom. The number of urea groups is 1. The van der Waals surface area contributed by atoms with Gasteiger partial charge in [0, 0.05) is 33.2 Å². The molecule has 2 aromatic rings. The molecule has 0 saturated carbocycles. The van der Waals surface area contributed by atoms with Crippen LogP contribution in [0.2, 0.25) is 0 Å². The molecule has 1 heterocycles. The van der Waals surface area contributed by atoms with Crippen LogP contribution in [-0.2, 0) is 17.5 Å². The molecule has 0 N–H and O–H groups in total. The first-order valence-corrected chi connectivity index (χ1v) is 13.3. The van der Waals surface area contributed by atoms with E-state index in [1.165, 1.54) is 11.9 Å². The lowest BCUT2D eigenvalue weighted by atomic mass is 9.81. The van der Waals surface area contributed by atoms with E-state index in [2.05, 4.69) is 26.3 Å². The standard InChI is InChI=1S/C30H35F4N3O2.C2H4/c1-6-12-29(4,13-7-2)27(38)36-14-15-37(26(20-36)25-11-9-8-10-21(25)3)28(39)35(5)19-22-16-23(30(32,33)34)18-24(31)17-22;1-2/h6-11,16-18,26H,1-2,12-15,19-20H2,3-5H3;1-2H2/t26-;/m1./s1. The number of halogens is 4. The van der Waals surface area contributed by atoms with Crippen LogP contribution in [0.4, 0.5) is 22.4 Å². The van der Waals surface area contributed by atoms with E-state index in [1.807, 2.05) is 38.1 Å². The van der Waals surface area contributed by atoms with E-state index < -0.39 is 35.0 Å². The van der Waals surface area contributed by atoms with Gasteiger partial charge in [-0.3, -0.25) is 4.79 Å². The Morgan fingerprint density at radius 3 is 2.22 bits per heavy atom. The van der Waals surface area contributed by atoms with E-state index in [9.17, 15) is 27.2 Å². The van der Waals surface area contributed by atoms with Crippen LogP contribution in [0.25, 0.3) is 0 Å². The number of benzene rings is 2. The SMILES string of the molecule is C=C.C=CCC(C)(CC=C)C(=O)N1CCN(C(=O)N(C)Cc2cc(F)cc(C(F)(F)F)c2)[C@@H](c2ccccc2C)C1. The number of carbonyl (C=O) groups excluding carboxylic acids is 2. The summed E-state index contributed by atoms with van der Waals surface area (Å²) in [4.78, 5) is 32.0. The van der Waals surface area contributed by atoms with Gasteiger partial charge in [0.2, 0.25) is 5.91 Å². The molecule has 1 saturated heterocycles. The first kappa shape index (κ1) is 33.3. The highest BCUT2D eigenvalue weighted by Gasteiger charge is 2.41. The Hall–Kier alpha value is -3.88. The highest BCUT2D eigenvalue weighted by Crippen LogP contribution is 2.35. The van der Waals surface area contributed by atoms with E-state index in [0.717, 1.165) is 23.3 Å². The molecule has 0 aliphatic carbocycles. The molecule has 3 rings (SSSR count). The van der Waals surface area contributed by atoms with Crippen molar-refractivity contribution >= 4 is 11.9 Å². The molecule has 9 heteroatoms. The number of hydrogen-bond donors (Lipinski definition) is 0. The lowest BCUT2D eigenvalue weighted by molar-refractivity contribution is -0.143. The fraction of sp³-hybridized carbons (Fsp3) is 0.375. The van der Waals surface area contributed by atoms with Crippen LogP contribution in [0.3, 0.4) is 0 Å². The molecule has 41 heavy (non-hydrogen) atoms. The summed E-state index contributed by atoms with van der Waals surface area (Å²) in [5.74, 6) is -1.08. The maximum atomic E-state index is 14.0. The van der Waals surface area contributed by atoms with Crippen molar-refractivity contribution in [2.45, 2.75) is 45.5 Å². The third-order valence-corrected chi connectivity index (χ3v) is 7.20. The van der Waals surface area contributed by atoms with E-state index >= 15 is 0 Å². The van der Waals surface area contributed by atoms with Crippen LogP contribution in [-0.4, -0.2) is 53.3 Å². The first-order chi connectivity index (χ1) is 19.3. The molecule has 2 aromatic carbocycles. The van der Waals surface area contributed by atoms with Gasteiger partial charge in [-0.15, -0.1) is 26.3 Å². The Balaban J connectivity index is 0.00000287. The average Bonchev–Trinajstić information content (AvgIpc) is 2.93. The number of amides is 3. The van der Waals surface area contributed by atoms with Gasteiger partial charge in [-0.1, -0.05) is 43.3 Å². The first-order valence-electron chi connectivity index (χ1n) is 13.3. The van der Waals surface area contributed by atoms with E-state index in [4.69, 9.17) is 0 Å². The van der Waals surface area contributed by atoms with Gasteiger partial charge in [-0.2, -0.15) is 13.2 Å². The summed E-state index contributed by atoms with van der Waals surface area (Å²) in [6.07, 6.45) is -0.328. The minimum Gasteiger partial charge on any atom is -0.338 e. The van der Waals surface area contributed by atoms with Crippen LogP contribution >= 0.6 is 0 Å². The van der Waals surface area contributed by atoms with Crippen molar-refractivity contribution in [3.8, 4) is 0 Å². The lowest BCUT2D eigenvalue weighted by Gasteiger charge is -2.45. The number of piperazine rings is 1. The maximum Gasteiger partial charge on any atom is 0.416 e. The Bertz CT molecular complexity index is 1230. The van der Waals surface area contributed by atoms with Crippen molar-refractivity contribution in [2.24, 2.45) is 5.41 Å². The minimum absolute atomic E-state index is 0.0315. The van der Waals surface area contributed by atoms with Gasteiger partial charge in [0.25, 0.3) is 0 Å². The second kappa shape index (κ2) is 14.1. The molecule has 1 aliphatic heterocycles. The smallest absolute Gasteiger partial charge is 0.338 e. The van der Waals surface area contributed by atoms with Crippen molar-refractivity contribution in [3.05, 3.63) is 109 Å². The number of rotatable bonds is 8. The van der Waals surface area contributed by atoms with Crippen molar-refractivity contribution in [2.75, 3.05) is 26.7 Å². The molecule has 0 unspecified atom stereocenters. The van der Waals surface area contributed by atoms with Crippen LogP contribution in [0.15, 0.2) is 80.9 Å². The van der Waals surface area contributed by atoms with Gasteiger partial charge >= 0.3 is 12.2 Å². The van der Waals surface area contributed by atoms with Crippen molar-refractivity contribution in [1.29, 1.82) is 0 Å². The molecule has 0 spiro atoms. The summed E-state index contributed by atoms with van der Waals surface area (Å²) < 4.78 is 53.5. The summed E-state index contributed by atoms with van der Waals surface area (Å²) in [5, 5.41) is 0. The summed E-state index contributed by atoms with van der Waals surface area (Å²) in [5.41, 5.74) is 0.0265. The van der Waals surface area contributed by atoms with Gasteiger partial charge in [0.05, 0.1) is 17.0 Å². The summed E-state index contributed by atoms with van der Waals surface area (Å²) in [6, 6.07) is 8.95. The summed E-state index contributed by atoms with van der Waals surface area (Å²) >= 11 is 0. The lowest BCUT2D eigenvalue weighted by Crippen LogP contribution is -2.57. The molecular weight excluding hydrogens is 534 g/mol. The number of alkyl halides is 3. The highest BCUT2D eigenvalue weighted by molar-refractivity contribution is 5.83. The molecule has 1 aliphatic rings. The monoisotopic (exact) mass is 573 g/mol. The van der Waals surface area contributed by atoms with Gasteiger partial charge in [0.15, 0.2) is 0 Å². The molecule has 0 aromatic heterocycles. The van der Waals surface area contributed by atoms with Gasteiger partial charge in [-0.25, -0.2) is 9.18 Å². The second-order valence-electron chi connectivity index (χ2n) is 10.3. The molecule has 0 radical (unpaired) electrons. The van der Waals surface area contributed by atoms with Gasteiger partial charge in [0.1, 0.15) is 5.82 Å². The predicted octanol–water partition coefficient (Wildman–Crippen LogP) is 7.55. The molecule has 222 valence electrons. The highest BCUT2D eigenvalue weighted by atomic mass is 19.4. The molecule has 0 bridgehead atoms. The fourth-order valence-electron chi connectivity index (χ4n) is 5.17. The van der Waals surface area contributed by atoms with Crippen molar-refractivity contribution in [1.82, 2.24) is 14.7 Å². The van der Waals surface area contributed by atoms with E-state index in [-0.39, 0.29) is 31.1 Å². The van der Waals surface area contributed by atoms with Crippen LogP contribution in [0.5, 0.6) is 0 Å². The topological polar surface area (TPSA) is 43.9 Å². The summed E-state index contributed by atoms with van der Waals surface area (Å²) in [7, 11) is 1.47.